The van der Waals surface area contributed by atoms with Crippen LogP contribution >= 0.6 is 15.9 Å². The van der Waals surface area contributed by atoms with Crippen LogP contribution in [0.4, 0.5) is 14.6 Å². The molecule has 0 bridgehead atoms. The number of hydrogen-bond donors (Lipinski definition) is 2. The monoisotopic (exact) mass is 875 g/mol. The van der Waals surface area contributed by atoms with Crippen molar-refractivity contribution in [2.45, 2.75) is 79.4 Å². The van der Waals surface area contributed by atoms with Crippen LogP contribution in [0.3, 0.4) is 0 Å². The summed E-state index contributed by atoms with van der Waals surface area (Å²) in [4.78, 5) is 68.6. The molecule has 0 spiro atoms. The van der Waals surface area contributed by atoms with E-state index in [9.17, 15) is 28.0 Å². The average Bonchev–Trinajstić information content (AvgIpc) is 3.30. The Morgan fingerprint density at radius 1 is 1.04 bits per heavy atom. The second-order valence-corrected chi connectivity index (χ2v) is 18.2. The van der Waals surface area contributed by atoms with Crippen molar-refractivity contribution in [3.8, 4) is 11.1 Å². The zero-order valence-corrected chi connectivity index (χ0v) is 32.0. The summed E-state index contributed by atoms with van der Waals surface area (Å²) in [5, 5.41) is 10.8. The zero-order chi connectivity index (χ0) is 36.4. The van der Waals surface area contributed by atoms with E-state index >= 15 is 0 Å². The molecule has 1 aromatic carbocycles. The van der Waals surface area contributed by atoms with Crippen LogP contribution in [0.2, 0.25) is 0 Å². The summed E-state index contributed by atoms with van der Waals surface area (Å²) in [6, 6.07) is 6.43. The molecule has 12 nitrogen and oxygen atoms in total. The van der Waals surface area contributed by atoms with Crippen molar-refractivity contribution >= 4 is 56.2 Å². The van der Waals surface area contributed by atoms with Gasteiger partial charge in [0.2, 0.25) is 0 Å². The van der Waals surface area contributed by atoms with E-state index in [2.05, 4.69) is 46.6 Å². The van der Waals surface area contributed by atoms with Crippen molar-refractivity contribution in [1.29, 1.82) is 0 Å². The number of carbonyl (C=O) groups excluding carboxylic acids is 4. The van der Waals surface area contributed by atoms with Crippen LogP contribution in [0.15, 0.2) is 41.3 Å². The van der Waals surface area contributed by atoms with E-state index in [1.165, 1.54) is 11.6 Å². The summed E-state index contributed by atoms with van der Waals surface area (Å²) < 4.78 is 30.0. The maximum absolute atomic E-state index is 14.4. The van der Waals surface area contributed by atoms with Gasteiger partial charge in [0.15, 0.2) is 0 Å². The molecule has 3 aliphatic rings. The quantitative estimate of drug-likeness (QED) is 0.0850. The van der Waals surface area contributed by atoms with Gasteiger partial charge >= 0.3 is 300 Å². The summed E-state index contributed by atoms with van der Waals surface area (Å²) in [5.74, 6) is -5.21. The molecular weight excluding hydrogens is 841 g/mol. The Hall–Kier alpha value is -3.93. The fraction of sp³-hybridized carbons (Fsp3) is 0.429. The molecule has 2 saturated heterocycles. The van der Waals surface area contributed by atoms with Gasteiger partial charge in [-0.05, 0) is 6.92 Å². The Morgan fingerprint density at radius 2 is 1.78 bits per heavy atom. The van der Waals surface area contributed by atoms with Gasteiger partial charge in [0.25, 0.3) is 0 Å². The predicted molar refractivity (Wildman–Crippen MR) is 183 cm³/mol. The number of alkyl halides is 4. The van der Waals surface area contributed by atoms with E-state index in [4.69, 9.17) is 0 Å². The van der Waals surface area contributed by atoms with Gasteiger partial charge in [0.1, 0.15) is 5.82 Å². The number of fused-ring (bicyclic) bond motifs is 2. The molecule has 3 aromatic heterocycles. The molecule has 16 heteroatoms. The van der Waals surface area contributed by atoms with Gasteiger partial charge in [-0.3, -0.25) is 0 Å². The number of Topliss-reactive ketones (excluding diaryl/α,β-unsaturated/α-hetero) is 1. The third kappa shape index (κ3) is 6.64. The molecule has 3 fully saturated rings. The Labute approximate surface area is 310 Å². The van der Waals surface area contributed by atoms with E-state index in [1.807, 2.05) is 19.1 Å². The molecule has 7 rings (SSSR count). The normalized spacial score (nSPS) is 23.4. The van der Waals surface area contributed by atoms with E-state index in [0.29, 0.717) is 27.1 Å². The van der Waals surface area contributed by atoms with Gasteiger partial charge in [-0.25, -0.2) is 0 Å². The van der Waals surface area contributed by atoms with Crippen LogP contribution in [0.1, 0.15) is 60.0 Å². The molecule has 3 amide bonds. The number of nitrogens with zero attached hydrogens (tertiary/aromatic N) is 6. The van der Waals surface area contributed by atoms with Gasteiger partial charge in [-0.2, -0.15) is 0 Å². The van der Waals surface area contributed by atoms with E-state index in [-0.39, 0.29) is 60.2 Å². The van der Waals surface area contributed by atoms with Crippen molar-refractivity contribution in [3.63, 3.8) is 0 Å². The molecule has 268 valence electrons. The van der Waals surface area contributed by atoms with Gasteiger partial charge < -0.3 is 0 Å². The first kappa shape index (κ1) is 35.5. The number of carbonyl (C=O) groups is 4. The number of ketones is 1. The van der Waals surface area contributed by atoms with Crippen molar-refractivity contribution in [1.82, 2.24) is 34.9 Å². The second-order valence-electron chi connectivity index (χ2n) is 13.5. The number of aryl methyl sites for hydroxylation is 3. The third-order valence-corrected chi connectivity index (χ3v) is 14.7. The number of rotatable bonds is 9. The average molecular weight is 877 g/mol. The van der Waals surface area contributed by atoms with Crippen LogP contribution < -0.4 is 31.8 Å². The second kappa shape index (κ2) is 13.2. The van der Waals surface area contributed by atoms with E-state index in [0.717, 1.165) is 22.3 Å². The molecule has 2 N–H and O–H groups in total. The van der Waals surface area contributed by atoms with Crippen molar-refractivity contribution in [2.75, 3.05) is 11.9 Å². The summed E-state index contributed by atoms with van der Waals surface area (Å²) in [6.45, 7) is 6.76. The number of pyridine rings is 1. The predicted octanol–water partition coefficient (Wildman–Crippen LogP) is 1.74. The number of aromatic nitrogens is 5. The molecule has 1 aliphatic carbocycles. The minimum atomic E-state index is -3.05. The van der Waals surface area contributed by atoms with Crippen molar-refractivity contribution in [2.24, 2.45) is 5.92 Å². The van der Waals surface area contributed by atoms with E-state index in [1.54, 1.807) is 43.3 Å². The van der Waals surface area contributed by atoms with Gasteiger partial charge in [0, 0.05) is 0 Å². The molecule has 5 heterocycles. The topological polar surface area (TPSA) is 152 Å². The fourth-order valence-electron chi connectivity index (χ4n) is 7.17. The Balaban J connectivity index is 1.18. The first-order valence-electron chi connectivity index (χ1n) is 16.5. The number of likely N-dealkylation sites (tertiary alicyclic amines) is 1. The molecule has 0 radical (unpaired) electrons. The number of nitrogens with one attached hydrogen (secondary N) is 2. The first-order valence-corrected chi connectivity index (χ1v) is 19.7. The van der Waals surface area contributed by atoms with Gasteiger partial charge in [-0.1, -0.05) is 0 Å². The number of amides is 3. The van der Waals surface area contributed by atoms with Crippen LogP contribution in [0, 0.1) is 26.7 Å². The first-order chi connectivity index (χ1) is 24.2. The van der Waals surface area contributed by atoms with Crippen LogP contribution in [-0.2, 0) is 20.9 Å². The van der Waals surface area contributed by atoms with E-state index < -0.39 is 54.3 Å². The number of anilines is 1. The molecule has 2 aliphatic heterocycles. The number of halogens is 4. The molecule has 1 unspecified atom stereocenters. The SMILES string of the molecule is CC(=O)c1nn(CC(=O)N2[C@H](C(=O)Nc3nc(Br)ccc3C)C[C@@]3(CNC(=O)C4CCCC4(F)F)[I-][C@@H]23)c2c(C)cc(-c3cnc(C)nc3)cc12. The van der Waals surface area contributed by atoms with Crippen molar-refractivity contribution in [3.05, 3.63) is 63.9 Å². The molecule has 51 heavy (non-hydrogen) atoms. The fourth-order valence-corrected chi connectivity index (χ4v) is 11.3. The molecule has 4 aromatic rings. The standard InChI is InChI=1S/C35H35BrF2IN8O4/c1-17-7-8-26(36)43-30(17)44-32(51)25-12-34(16-42-31(50)24-6-5-9-35(24,37)38)33(39-34)47(25)27(49)15-46-29-18(2)10-21(22-13-40-20(4)41-14-22)11-23(29)28(45-46)19(3)48/h7-8,10-11,13-14,24-25,33H,5-6,9,12,15-16H2,1-4H3,(H,42,50)(H,43,44,51)/q-1/t24?,25-,33-,34-/m0/s1. The minimum absolute atomic E-state index is 0.113. The van der Waals surface area contributed by atoms with Crippen LogP contribution in [0.25, 0.3) is 22.0 Å². The van der Waals surface area contributed by atoms with Crippen molar-refractivity contribution < 1.29 is 49.2 Å². The third-order valence-electron chi connectivity index (χ3n) is 9.86. The Morgan fingerprint density at radius 3 is 2.47 bits per heavy atom. The van der Waals surface area contributed by atoms with Gasteiger partial charge in [0.05, 0.1) is 0 Å². The molecule has 4 atom stereocenters. The van der Waals surface area contributed by atoms with Crippen LogP contribution in [0.5, 0.6) is 0 Å². The molecule has 1 saturated carbocycles. The van der Waals surface area contributed by atoms with Crippen LogP contribution in [-0.4, -0.2) is 79.1 Å². The molecular formula is C35H35BrF2IN8O4-. The summed E-state index contributed by atoms with van der Waals surface area (Å²) >= 11 is 2.63. The Bertz CT molecular complexity index is 2110. The Kier molecular flexibility index (Phi) is 9.21. The number of benzene rings is 1. The summed E-state index contributed by atoms with van der Waals surface area (Å²) in [6.07, 6.45) is 3.79. The summed E-state index contributed by atoms with van der Waals surface area (Å²) in [7, 11) is 0. The number of hydrogen-bond acceptors (Lipinski definition) is 8. The summed E-state index contributed by atoms with van der Waals surface area (Å²) in [5.41, 5.74) is 3.89. The van der Waals surface area contributed by atoms with Gasteiger partial charge in [-0.15, -0.1) is 0 Å². The zero-order valence-electron chi connectivity index (χ0n) is 28.3. The maximum atomic E-state index is 14.4.